The number of hydrogen-bond donors (Lipinski definition) is 1. The SMILES string of the molecule is COc1ccc(NC(=O)c2c(-c3ccc(F)cc3)noc2C)c(OC)c1. The molecular formula is C19H17FN2O4. The molecule has 1 heterocycles. The molecule has 0 aliphatic heterocycles. The second-order valence-corrected chi connectivity index (χ2v) is 5.49. The minimum absolute atomic E-state index is 0.273. The molecule has 6 nitrogen and oxygen atoms in total. The number of nitrogens with zero attached hydrogens (tertiary/aromatic N) is 1. The number of aromatic nitrogens is 1. The van der Waals surface area contributed by atoms with Gasteiger partial charge < -0.3 is 19.3 Å². The van der Waals surface area contributed by atoms with Crippen molar-refractivity contribution in [2.24, 2.45) is 0 Å². The van der Waals surface area contributed by atoms with Gasteiger partial charge in [0.05, 0.1) is 19.9 Å². The second kappa shape index (κ2) is 7.26. The topological polar surface area (TPSA) is 73.6 Å². The zero-order chi connectivity index (χ0) is 18.7. The number of halogens is 1. The maximum Gasteiger partial charge on any atom is 0.261 e. The lowest BCUT2D eigenvalue weighted by atomic mass is 10.1. The average molecular weight is 356 g/mol. The van der Waals surface area contributed by atoms with Gasteiger partial charge in [0, 0.05) is 11.6 Å². The quantitative estimate of drug-likeness (QED) is 0.746. The highest BCUT2D eigenvalue weighted by Crippen LogP contribution is 2.31. The zero-order valence-electron chi connectivity index (χ0n) is 14.5. The number of benzene rings is 2. The second-order valence-electron chi connectivity index (χ2n) is 5.49. The Balaban J connectivity index is 1.94. The van der Waals surface area contributed by atoms with Gasteiger partial charge in [-0.1, -0.05) is 5.16 Å². The van der Waals surface area contributed by atoms with Gasteiger partial charge in [0.15, 0.2) is 0 Å². The predicted molar refractivity (Wildman–Crippen MR) is 94.1 cm³/mol. The van der Waals surface area contributed by atoms with E-state index in [1.165, 1.54) is 31.4 Å². The van der Waals surface area contributed by atoms with E-state index in [0.29, 0.717) is 34.2 Å². The van der Waals surface area contributed by atoms with Crippen LogP contribution in [0.2, 0.25) is 0 Å². The van der Waals surface area contributed by atoms with Crippen LogP contribution < -0.4 is 14.8 Å². The highest BCUT2D eigenvalue weighted by Gasteiger charge is 2.22. The third-order valence-corrected chi connectivity index (χ3v) is 3.86. The largest absolute Gasteiger partial charge is 0.497 e. The first-order chi connectivity index (χ1) is 12.5. The highest BCUT2D eigenvalue weighted by atomic mass is 19.1. The van der Waals surface area contributed by atoms with Crippen molar-refractivity contribution >= 4 is 11.6 Å². The summed E-state index contributed by atoms with van der Waals surface area (Å²) in [6.07, 6.45) is 0. The van der Waals surface area contributed by atoms with E-state index in [9.17, 15) is 9.18 Å². The van der Waals surface area contributed by atoms with Gasteiger partial charge in [-0.2, -0.15) is 0 Å². The normalized spacial score (nSPS) is 10.5. The maximum atomic E-state index is 13.2. The Morgan fingerprint density at radius 1 is 1.12 bits per heavy atom. The van der Waals surface area contributed by atoms with E-state index in [1.807, 2.05) is 0 Å². The molecular weight excluding hydrogens is 339 g/mol. The van der Waals surface area contributed by atoms with Crippen LogP contribution in [0.5, 0.6) is 11.5 Å². The molecule has 0 aliphatic rings. The van der Waals surface area contributed by atoms with E-state index >= 15 is 0 Å². The number of amides is 1. The van der Waals surface area contributed by atoms with Crippen molar-refractivity contribution < 1.29 is 23.2 Å². The number of anilines is 1. The van der Waals surface area contributed by atoms with E-state index in [0.717, 1.165) is 0 Å². The van der Waals surface area contributed by atoms with Gasteiger partial charge in [-0.15, -0.1) is 0 Å². The third-order valence-electron chi connectivity index (χ3n) is 3.86. The standard InChI is InChI=1S/C19H17FN2O4/c1-11-17(18(22-26-11)12-4-6-13(20)7-5-12)19(23)21-15-9-8-14(24-2)10-16(15)25-3/h4-10H,1-3H3,(H,21,23). The van der Waals surface area contributed by atoms with E-state index < -0.39 is 5.91 Å². The number of nitrogens with one attached hydrogen (secondary N) is 1. The van der Waals surface area contributed by atoms with Crippen molar-refractivity contribution in [1.29, 1.82) is 0 Å². The molecule has 0 fully saturated rings. The van der Waals surface area contributed by atoms with E-state index in [2.05, 4.69) is 10.5 Å². The molecule has 0 unspecified atom stereocenters. The molecule has 3 aromatic rings. The van der Waals surface area contributed by atoms with Crippen LogP contribution in [-0.4, -0.2) is 25.3 Å². The molecule has 0 aliphatic carbocycles. The summed E-state index contributed by atoms with van der Waals surface area (Å²) in [5, 5.41) is 6.72. The average Bonchev–Trinajstić information content (AvgIpc) is 3.04. The Kier molecular flexibility index (Phi) is 4.88. The first kappa shape index (κ1) is 17.5. The molecule has 0 saturated heterocycles. The minimum atomic E-state index is -0.411. The number of methoxy groups -OCH3 is 2. The van der Waals surface area contributed by atoms with Crippen LogP contribution in [-0.2, 0) is 0 Å². The summed E-state index contributed by atoms with van der Waals surface area (Å²) < 4.78 is 28.8. The molecule has 0 saturated carbocycles. The predicted octanol–water partition coefficient (Wildman–Crippen LogP) is 4.06. The van der Waals surface area contributed by atoms with Gasteiger partial charge in [-0.05, 0) is 43.3 Å². The summed E-state index contributed by atoms with van der Waals surface area (Å²) >= 11 is 0. The summed E-state index contributed by atoms with van der Waals surface area (Å²) in [7, 11) is 3.04. The molecule has 3 rings (SSSR count). The summed E-state index contributed by atoms with van der Waals surface area (Å²) in [4.78, 5) is 12.8. The molecule has 2 aromatic carbocycles. The summed E-state index contributed by atoms with van der Waals surface area (Å²) in [5.74, 6) is 0.631. The lowest BCUT2D eigenvalue weighted by Crippen LogP contribution is -2.14. The maximum absolute atomic E-state index is 13.2. The minimum Gasteiger partial charge on any atom is -0.497 e. The molecule has 7 heteroatoms. The van der Waals surface area contributed by atoms with Crippen molar-refractivity contribution in [3.05, 3.63) is 59.6 Å². The Labute approximate surface area is 149 Å². The fourth-order valence-electron chi connectivity index (χ4n) is 2.53. The zero-order valence-corrected chi connectivity index (χ0v) is 14.5. The fourth-order valence-corrected chi connectivity index (χ4v) is 2.53. The van der Waals surface area contributed by atoms with Gasteiger partial charge in [-0.25, -0.2) is 4.39 Å². The molecule has 1 N–H and O–H groups in total. The Hall–Kier alpha value is -3.35. The van der Waals surface area contributed by atoms with Gasteiger partial charge in [-0.3, -0.25) is 4.79 Å². The van der Waals surface area contributed by atoms with Crippen LogP contribution in [0, 0.1) is 12.7 Å². The van der Waals surface area contributed by atoms with Gasteiger partial charge in [0.1, 0.15) is 34.3 Å². The van der Waals surface area contributed by atoms with Crippen molar-refractivity contribution in [3.63, 3.8) is 0 Å². The first-order valence-corrected chi connectivity index (χ1v) is 7.79. The number of carbonyl (C=O) groups excluding carboxylic acids is 1. The van der Waals surface area contributed by atoms with Crippen molar-refractivity contribution in [1.82, 2.24) is 5.16 Å². The molecule has 0 radical (unpaired) electrons. The number of ether oxygens (including phenoxy) is 2. The Bertz CT molecular complexity index is 935. The van der Waals surface area contributed by atoms with Gasteiger partial charge in [0.25, 0.3) is 5.91 Å². The Morgan fingerprint density at radius 2 is 1.85 bits per heavy atom. The van der Waals surface area contributed by atoms with Gasteiger partial charge in [0.2, 0.25) is 0 Å². The van der Waals surface area contributed by atoms with Crippen LogP contribution in [0.25, 0.3) is 11.3 Å². The van der Waals surface area contributed by atoms with Crippen molar-refractivity contribution in [3.8, 4) is 22.8 Å². The Morgan fingerprint density at radius 3 is 2.50 bits per heavy atom. The summed E-state index contributed by atoms with van der Waals surface area (Å²) in [6.45, 7) is 1.64. The molecule has 0 bridgehead atoms. The smallest absolute Gasteiger partial charge is 0.261 e. The molecule has 0 spiro atoms. The molecule has 1 amide bonds. The lowest BCUT2D eigenvalue weighted by Gasteiger charge is -2.11. The number of hydrogen-bond acceptors (Lipinski definition) is 5. The van der Waals surface area contributed by atoms with Crippen LogP contribution in [0.15, 0.2) is 47.0 Å². The number of carbonyl (C=O) groups is 1. The van der Waals surface area contributed by atoms with Gasteiger partial charge >= 0.3 is 0 Å². The molecule has 26 heavy (non-hydrogen) atoms. The molecule has 134 valence electrons. The van der Waals surface area contributed by atoms with Crippen LogP contribution in [0.4, 0.5) is 10.1 Å². The summed E-state index contributed by atoms with van der Waals surface area (Å²) in [6, 6.07) is 10.7. The monoisotopic (exact) mass is 356 g/mol. The van der Waals surface area contributed by atoms with Crippen LogP contribution >= 0.6 is 0 Å². The van der Waals surface area contributed by atoms with Crippen LogP contribution in [0.3, 0.4) is 0 Å². The van der Waals surface area contributed by atoms with Crippen molar-refractivity contribution in [2.45, 2.75) is 6.92 Å². The first-order valence-electron chi connectivity index (χ1n) is 7.79. The molecule has 1 aromatic heterocycles. The molecule has 0 atom stereocenters. The van der Waals surface area contributed by atoms with Crippen molar-refractivity contribution in [2.75, 3.05) is 19.5 Å². The number of aryl methyl sites for hydroxylation is 1. The lowest BCUT2D eigenvalue weighted by molar-refractivity contribution is 0.102. The fraction of sp³-hybridized carbons (Fsp3) is 0.158. The van der Waals surface area contributed by atoms with E-state index in [4.69, 9.17) is 14.0 Å². The summed E-state index contributed by atoms with van der Waals surface area (Å²) in [5.41, 5.74) is 1.67. The van der Waals surface area contributed by atoms with Crippen LogP contribution in [0.1, 0.15) is 16.1 Å². The number of rotatable bonds is 5. The highest BCUT2D eigenvalue weighted by molar-refractivity contribution is 6.09. The van der Waals surface area contributed by atoms with E-state index in [-0.39, 0.29) is 11.4 Å². The third kappa shape index (κ3) is 3.37. The van der Waals surface area contributed by atoms with E-state index in [1.54, 1.807) is 32.2 Å².